The highest BCUT2D eigenvalue weighted by atomic mass is 79.9. The number of benzene rings is 3. The summed E-state index contributed by atoms with van der Waals surface area (Å²) in [5.41, 5.74) is 3.51. The fourth-order valence-corrected chi connectivity index (χ4v) is 4.21. The first kappa shape index (κ1) is 23.1. The molecule has 5 nitrogen and oxygen atoms in total. The Morgan fingerprint density at radius 2 is 1.58 bits per heavy atom. The minimum absolute atomic E-state index is 0.129. The first-order valence-electron chi connectivity index (χ1n) is 9.29. The van der Waals surface area contributed by atoms with Crippen molar-refractivity contribution in [2.75, 3.05) is 17.2 Å². The van der Waals surface area contributed by atoms with Crippen molar-refractivity contribution in [3.8, 4) is 5.75 Å². The smallest absolute Gasteiger partial charge is 0.262 e. The maximum Gasteiger partial charge on any atom is 0.262 e. The third-order valence-corrected chi connectivity index (χ3v) is 5.46. The molecule has 0 spiro atoms. The molecule has 0 radical (unpaired) electrons. The second-order valence-electron chi connectivity index (χ2n) is 6.89. The molecule has 0 aromatic heterocycles. The molecule has 3 aromatic carbocycles. The molecule has 0 aliphatic carbocycles. The van der Waals surface area contributed by atoms with Gasteiger partial charge in [-0.05, 0) is 89.4 Å². The van der Waals surface area contributed by atoms with Gasteiger partial charge < -0.3 is 15.4 Å². The van der Waals surface area contributed by atoms with Crippen LogP contribution >= 0.6 is 39.1 Å². The van der Waals surface area contributed by atoms with E-state index in [1.807, 2.05) is 26.0 Å². The van der Waals surface area contributed by atoms with E-state index in [0.29, 0.717) is 27.7 Å². The summed E-state index contributed by atoms with van der Waals surface area (Å²) in [4.78, 5) is 24.6. The summed E-state index contributed by atoms with van der Waals surface area (Å²) in [5.74, 6) is -0.0119. The highest BCUT2D eigenvalue weighted by molar-refractivity contribution is 9.10. The van der Waals surface area contributed by atoms with Crippen LogP contribution in [-0.4, -0.2) is 18.4 Å². The Balaban J connectivity index is 1.56. The lowest BCUT2D eigenvalue weighted by Crippen LogP contribution is -2.20. The summed E-state index contributed by atoms with van der Waals surface area (Å²) in [6.45, 7) is 3.79. The van der Waals surface area contributed by atoms with E-state index in [2.05, 4.69) is 26.6 Å². The van der Waals surface area contributed by atoms with Crippen molar-refractivity contribution >= 4 is 62.3 Å². The van der Waals surface area contributed by atoms with Crippen molar-refractivity contribution in [2.45, 2.75) is 13.8 Å². The molecule has 3 rings (SSSR count). The van der Waals surface area contributed by atoms with Gasteiger partial charge in [-0.1, -0.05) is 29.3 Å². The Hall–Kier alpha value is -2.54. The van der Waals surface area contributed by atoms with Crippen molar-refractivity contribution < 1.29 is 14.3 Å². The molecule has 160 valence electrons. The topological polar surface area (TPSA) is 67.4 Å². The van der Waals surface area contributed by atoms with Crippen LogP contribution in [0.15, 0.2) is 59.1 Å². The molecule has 0 bridgehead atoms. The van der Waals surface area contributed by atoms with Crippen LogP contribution in [0.1, 0.15) is 21.5 Å². The standard InChI is InChI=1S/C23H19BrCl2N2O3/c1-13-9-14(2)22(19(24)10-13)31-12-21(29)27-16-4-6-17(7-5-16)28-23(30)18-8-3-15(25)11-20(18)26/h3-11H,12H2,1-2H3,(H,27,29)(H,28,30). The Morgan fingerprint density at radius 3 is 2.19 bits per heavy atom. The van der Waals surface area contributed by atoms with Crippen LogP contribution in [0.5, 0.6) is 5.75 Å². The van der Waals surface area contributed by atoms with Crippen molar-refractivity contribution in [1.82, 2.24) is 0 Å². The van der Waals surface area contributed by atoms with Gasteiger partial charge in [0.2, 0.25) is 0 Å². The number of rotatable bonds is 6. The first-order chi connectivity index (χ1) is 14.7. The molecule has 0 atom stereocenters. The molecule has 8 heteroatoms. The Kier molecular flexibility index (Phi) is 7.59. The number of ether oxygens (including phenoxy) is 1. The van der Waals surface area contributed by atoms with E-state index in [4.69, 9.17) is 27.9 Å². The van der Waals surface area contributed by atoms with E-state index >= 15 is 0 Å². The highest BCUT2D eigenvalue weighted by Crippen LogP contribution is 2.30. The summed E-state index contributed by atoms with van der Waals surface area (Å²) < 4.78 is 6.47. The third kappa shape index (κ3) is 6.23. The number of hydrogen-bond acceptors (Lipinski definition) is 3. The zero-order valence-electron chi connectivity index (χ0n) is 16.8. The number of carbonyl (C=O) groups excluding carboxylic acids is 2. The minimum Gasteiger partial charge on any atom is -0.482 e. The summed E-state index contributed by atoms with van der Waals surface area (Å²) in [5, 5.41) is 6.24. The highest BCUT2D eigenvalue weighted by Gasteiger charge is 2.12. The van der Waals surface area contributed by atoms with Crippen LogP contribution in [0.3, 0.4) is 0 Å². The number of hydrogen-bond donors (Lipinski definition) is 2. The Bertz CT molecular complexity index is 1110. The molecule has 0 saturated heterocycles. The molecule has 0 aliphatic heterocycles. The van der Waals surface area contributed by atoms with Gasteiger partial charge >= 0.3 is 0 Å². The lowest BCUT2D eigenvalue weighted by Gasteiger charge is -2.12. The third-order valence-electron chi connectivity index (χ3n) is 4.32. The molecule has 0 saturated carbocycles. The second-order valence-corrected chi connectivity index (χ2v) is 8.58. The van der Waals surface area contributed by atoms with Crippen molar-refractivity contribution in [2.24, 2.45) is 0 Å². The molecule has 0 heterocycles. The molecule has 3 aromatic rings. The normalized spacial score (nSPS) is 10.5. The van der Waals surface area contributed by atoms with E-state index in [0.717, 1.165) is 15.6 Å². The zero-order chi connectivity index (χ0) is 22.5. The molecule has 0 unspecified atom stereocenters. The second kappa shape index (κ2) is 10.2. The number of anilines is 2. The summed E-state index contributed by atoms with van der Waals surface area (Å²) in [6, 6.07) is 15.3. The average molecular weight is 522 g/mol. The van der Waals surface area contributed by atoms with Crippen LogP contribution < -0.4 is 15.4 Å². The number of nitrogens with one attached hydrogen (secondary N) is 2. The van der Waals surface area contributed by atoms with E-state index in [1.54, 1.807) is 36.4 Å². The van der Waals surface area contributed by atoms with Gasteiger partial charge in [-0.2, -0.15) is 0 Å². The van der Waals surface area contributed by atoms with Crippen molar-refractivity contribution in [1.29, 1.82) is 0 Å². The van der Waals surface area contributed by atoms with Gasteiger partial charge in [-0.25, -0.2) is 0 Å². The summed E-state index contributed by atoms with van der Waals surface area (Å²) in [6.07, 6.45) is 0. The predicted octanol–water partition coefficient (Wildman–Crippen LogP) is 6.64. The number of amides is 2. The fraction of sp³-hybridized carbons (Fsp3) is 0.130. The van der Waals surface area contributed by atoms with Gasteiger partial charge in [0.25, 0.3) is 11.8 Å². The Morgan fingerprint density at radius 1 is 0.935 bits per heavy atom. The van der Waals surface area contributed by atoms with Gasteiger partial charge in [0.15, 0.2) is 6.61 Å². The quantitative estimate of drug-likeness (QED) is 0.382. The van der Waals surface area contributed by atoms with Crippen LogP contribution in [0.4, 0.5) is 11.4 Å². The molecule has 2 amide bonds. The molecule has 2 N–H and O–H groups in total. The first-order valence-corrected chi connectivity index (χ1v) is 10.8. The molecular weight excluding hydrogens is 503 g/mol. The number of halogens is 3. The molecule has 0 aliphatic rings. The van der Waals surface area contributed by atoms with Crippen LogP contribution in [0, 0.1) is 13.8 Å². The van der Waals surface area contributed by atoms with Crippen LogP contribution in [0.2, 0.25) is 10.0 Å². The van der Waals surface area contributed by atoms with Crippen LogP contribution in [-0.2, 0) is 4.79 Å². The van der Waals surface area contributed by atoms with Crippen LogP contribution in [0.25, 0.3) is 0 Å². The van der Waals surface area contributed by atoms with E-state index in [-0.39, 0.29) is 23.4 Å². The van der Waals surface area contributed by atoms with Gasteiger partial charge in [-0.3, -0.25) is 9.59 Å². The molecule has 31 heavy (non-hydrogen) atoms. The number of aryl methyl sites for hydroxylation is 2. The maximum atomic E-state index is 12.4. The average Bonchev–Trinajstić information content (AvgIpc) is 2.68. The van der Waals surface area contributed by atoms with Crippen molar-refractivity contribution in [3.63, 3.8) is 0 Å². The number of carbonyl (C=O) groups is 2. The van der Waals surface area contributed by atoms with Gasteiger partial charge in [0.05, 0.1) is 15.1 Å². The molecule has 0 fully saturated rings. The summed E-state index contributed by atoms with van der Waals surface area (Å²) in [7, 11) is 0. The SMILES string of the molecule is Cc1cc(C)c(OCC(=O)Nc2ccc(NC(=O)c3ccc(Cl)cc3Cl)cc2)c(Br)c1. The monoisotopic (exact) mass is 520 g/mol. The minimum atomic E-state index is -0.356. The fourth-order valence-electron chi connectivity index (χ4n) is 2.93. The van der Waals surface area contributed by atoms with E-state index in [1.165, 1.54) is 6.07 Å². The molecular formula is C23H19BrCl2N2O3. The zero-order valence-corrected chi connectivity index (χ0v) is 19.9. The summed E-state index contributed by atoms with van der Waals surface area (Å²) >= 11 is 15.4. The van der Waals surface area contributed by atoms with Crippen molar-refractivity contribution in [3.05, 3.63) is 85.8 Å². The lowest BCUT2D eigenvalue weighted by atomic mass is 10.1. The maximum absolute atomic E-state index is 12.4. The van der Waals surface area contributed by atoms with Gasteiger partial charge in [0, 0.05) is 16.4 Å². The van der Waals surface area contributed by atoms with Gasteiger partial charge in [-0.15, -0.1) is 0 Å². The Labute approximate surface area is 198 Å². The predicted molar refractivity (Wildman–Crippen MR) is 129 cm³/mol. The van der Waals surface area contributed by atoms with E-state index in [9.17, 15) is 9.59 Å². The largest absolute Gasteiger partial charge is 0.482 e. The lowest BCUT2D eigenvalue weighted by molar-refractivity contribution is -0.118. The van der Waals surface area contributed by atoms with Gasteiger partial charge in [0.1, 0.15) is 5.75 Å². The van der Waals surface area contributed by atoms with E-state index < -0.39 is 0 Å².